The smallest absolute Gasteiger partial charge is 0.345 e. The third kappa shape index (κ3) is 5.30. The van der Waals surface area contributed by atoms with Crippen molar-refractivity contribution >= 4 is 57.9 Å². The van der Waals surface area contributed by atoms with E-state index in [2.05, 4.69) is 0 Å². The fourth-order valence-corrected chi connectivity index (χ4v) is 4.56. The van der Waals surface area contributed by atoms with Crippen LogP contribution in [0.25, 0.3) is 6.08 Å². The second-order valence-electron chi connectivity index (χ2n) is 6.86. The van der Waals surface area contributed by atoms with Gasteiger partial charge in [0.1, 0.15) is 10.1 Å². The molecule has 1 amide bonds. The topological polar surface area (TPSA) is 69.0 Å². The van der Waals surface area contributed by atoms with Gasteiger partial charge in [0.05, 0.1) is 34.9 Å². The van der Waals surface area contributed by atoms with Crippen molar-refractivity contribution in [1.82, 2.24) is 4.90 Å². The summed E-state index contributed by atoms with van der Waals surface area (Å²) in [6.45, 7) is 2.47. The maximum atomic E-state index is 12.9. The van der Waals surface area contributed by atoms with E-state index in [1.165, 1.54) is 16.7 Å². The number of hydrogen-bond acceptors (Lipinski definition) is 7. The molecule has 2 aromatic carbocycles. The molecule has 0 radical (unpaired) electrons. The van der Waals surface area contributed by atoms with Crippen LogP contribution in [-0.4, -0.2) is 27.7 Å². The number of halogens is 1. The predicted molar refractivity (Wildman–Crippen MR) is 131 cm³/mol. The van der Waals surface area contributed by atoms with Crippen molar-refractivity contribution in [2.75, 3.05) is 6.61 Å². The molecule has 0 unspecified atom stereocenters. The first-order valence-corrected chi connectivity index (χ1v) is 11.6. The molecule has 3 aromatic rings. The van der Waals surface area contributed by atoms with Crippen LogP contribution < -0.4 is 9.47 Å². The minimum absolute atomic E-state index is 0.200. The lowest BCUT2D eigenvalue weighted by atomic mass is 10.1. The van der Waals surface area contributed by atoms with Crippen molar-refractivity contribution in [3.05, 3.63) is 87.7 Å². The molecule has 168 valence electrons. The van der Waals surface area contributed by atoms with Crippen LogP contribution in [0, 0.1) is 0 Å². The first kappa shape index (κ1) is 23.1. The van der Waals surface area contributed by atoms with Gasteiger partial charge in [-0.2, -0.15) is 0 Å². The van der Waals surface area contributed by atoms with Gasteiger partial charge in [-0.15, -0.1) is 0 Å². The van der Waals surface area contributed by atoms with E-state index in [1.54, 1.807) is 66.9 Å². The molecule has 0 saturated carbocycles. The Kier molecular flexibility index (Phi) is 7.17. The maximum Gasteiger partial charge on any atom is 0.345 e. The van der Waals surface area contributed by atoms with Crippen molar-refractivity contribution < 1.29 is 23.5 Å². The van der Waals surface area contributed by atoms with Gasteiger partial charge in [0.2, 0.25) is 0 Å². The monoisotopic (exact) mass is 499 g/mol. The summed E-state index contributed by atoms with van der Waals surface area (Å²) in [5.74, 6) is 0.486. The van der Waals surface area contributed by atoms with Crippen molar-refractivity contribution in [1.29, 1.82) is 0 Å². The molecule has 2 heterocycles. The van der Waals surface area contributed by atoms with Crippen LogP contribution >= 0.6 is 35.6 Å². The fraction of sp³-hybridized carbons (Fsp3) is 0.125. The summed E-state index contributed by atoms with van der Waals surface area (Å²) >= 11 is 12.7. The van der Waals surface area contributed by atoms with E-state index in [1.807, 2.05) is 6.92 Å². The van der Waals surface area contributed by atoms with Gasteiger partial charge < -0.3 is 13.9 Å². The number of esters is 1. The zero-order valence-electron chi connectivity index (χ0n) is 17.4. The molecule has 0 N–H and O–H groups in total. The van der Waals surface area contributed by atoms with E-state index in [-0.39, 0.29) is 23.8 Å². The van der Waals surface area contributed by atoms with Crippen molar-refractivity contribution in [3.63, 3.8) is 0 Å². The molecule has 1 aliphatic rings. The highest BCUT2D eigenvalue weighted by atomic mass is 35.5. The maximum absolute atomic E-state index is 12.9. The van der Waals surface area contributed by atoms with E-state index in [0.29, 0.717) is 37.9 Å². The van der Waals surface area contributed by atoms with Crippen molar-refractivity contribution in [3.8, 4) is 11.5 Å². The van der Waals surface area contributed by atoms with E-state index in [0.717, 1.165) is 0 Å². The van der Waals surface area contributed by atoms with Crippen molar-refractivity contribution in [2.24, 2.45) is 0 Å². The molecule has 0 spiro atoms. The molecule has 1 aliphatic heterocycles. The molecule has 33 heavy (non-hydrogen) atoms. The fourth-order valence-electron chi connectivity index (χ4n) is 3.09. The average molecular weight is 500 g/mol. The number of furan rings is 1. The van der Waals surface area contributed by atoms with Gasteiger partial charge in [0, 0.05) is 0 Å². The number of thioether (sulfide) groups is 1. The number of benzene rings is 2. The summed E-state index contributed by atoms with van der Waals surface area (Å²) in [5.41, 5.74) is 0.959. The van der Waals surface area contributed by atoms with E-state index < -0.39 is 5.97 Å². The minimum Gasteiger partial charge on any atom is -0.490 e. The van der Waals surface area contributed by atoms with Gasteiger partial charge in [-0.05, 0) is 55.0 Å². The molecule has 6 nitrogen and oxygen atoms in total. The van der Waals surface area contributed by atoms with Gasteiger partial charge in [-0.3, -0.25) is 9.69 Å². The van der Waals surface area contributed by atoms with E-state index in [4.69, 9.17) is 37.7 Å². The molecule has 1 saturated heterocycles. The highest BCUT2D eigenvalue weighted by Crippen LogP contribution is 2.36. The number of carbonyl (C=O) groups excluding carboxylic acids is 2. The highest BCUT2D eigenvalue weighted by molar-refractivity contribution is 8.26. The summed E-state index contributed by atoms with van der Waals surface area (Å²) in [6.07, 6.45) is 3.28. The highest BCUT2D eigenvalue weighted by Gasteiger charge is 2.32. The summed E-state index contributed by atoms with van der Waals surface area (Å²) in [4.78, 5) is 27.4. The number of nitrogens with zero attached hydrogens (tertiary/aromatic N) is 1. The summed E-state index contributed by atoms with van der Waals surface area (Å²) in [6, 6.07) is 15.3. The number of hydrogen-bond donors (Lipinski definition) is 0. The van der Waals surface area contributed by atoms with Crippen LogP contribution in [0.3, 0.4) is 0 Å². The van der Waals surface area contributed by atoms with E-state index in [9.17, 15) is 9.59 Å². The van der Waals surface area contributed by atoms with Crippen LogP contribution in [0.15, 0.2) is 70.2 Å². The summed E-state index contributed by atoms with van der Waals surface area (Å²) in [5, 5.41) is 0.300. The van der Waals surface area contributed by atoms with Crippen LogP contribution in [0.2, 0.25) is 5.02 Å². The van der Waals surface area contributed by atoms with Gasteiger partial charge in [-0.1, -0.05) is 53.8 Å². The molecule has 9 heteroatoms. The number of carbonyl (C=O) groups is 2. The zero-order chi connectivity index (χ0) is 23.4. The number of amides is 1. The Morgan fingerprint density at radius 3 is 2.73 bits per heavy atom. The molecular weight excluding hydrogens is 482 g/mol. The molecular formula is C24H18ClNO5S2. The predicted octanol–water partition coefficient (Wildman–Crippen LogP) is 5.95. The SMILES string of the molecule is CCOc1cc(C=C2SC(=S)N(Cc3ccco3)C2=O)ccc1OC(=O)c1ccccc1Cl. The second-order valence-corrected chi connectivity index (χ2v) is 8.94. The lowest BCUT2D eigenvalue weighted by Gasteiger charge is -2.12. The second kappa shape index (κ2) is 10.2. The summed E-state index contributed by atoms with van der Waals surface area (Å²) < 4.78 is 17.0. The lowest BCUT2D eigenvalue weighted by molar-refractivity contribution is -0.122. The Hall–Kier alpha value is -3.07. The molecule has 0 atom stereocenters. The standard InChI is InChI=1S/C24H18ClNO5S2/c1-2-29-20-12-15(9-10-19(20)31-23(28)17-7-3-4-8-18(17)25)13-21-22(27)26(24(32)33-21)14-16-6-5-11-30-16/h3-13H,2,14H2,1H3. The van der Waals surface area contributed by atoms with Gasteiger partial charge in [0.25, 0.3) is 5.91 Å². The molecule has 1 fully saturated rings. The Morgan fingerprint density at radius 1 is 1.18 bits per heavy atom. The number of ether oxygens (including phenoxy) is 2. The Bertz CT molecular complexity index is 1240. The molecule has 0 aliphatic carbocycles. The third-order valence-electron chi connectivity index (χ3n) is 4.63. The minimum atomic E-state index is -0.590. The normalized spacial score (nSPS) is 14.7. The summed E-state index contributed by atoms with van der Waals surface area (Å²) in [7, 11) is 0. The van der Waals surface area contributed by atoms with Gasteiger partial charge >= 0.3 is 5.97 Å². The third-order valence-corrected chi connectivity index (χ3v) is 6.34. The number of thiocarbonyl (C=S) groups is 1. The Morgan fingerprint density at radius 2 is 2.00 bits per heavy atom. The number of rotatable bonds is 7. The van der Waals surface area contributed by atoms with Gasteiger partial charge in [0.15, 0.2) is 11.5 Å². The zero-order valence-corrected chi connectivity index (χ0v) is 19.8. The van der Waals surface area contributed by atoms with Gasteiger partial charge in [-0.25, -0.2) is 4.79 Å². The largest absolute Gasteiger partial charge is 0.490 e. The van der Waals surface area contributed by atoms with Crippen molar-refractivity contribution in [2.45, 2.75) is 13.5 Å². The molecule has 4 rings (SSSR count). The van der Waals surface area contributed by atoms with Crippen LogP contribution in [0.4, 0.5) is 0 Å². The van der Waals surface area contributed by atoms with Crippen LogP contribution in [0.1, 0.15) is 28.6 Å². The molecule has 0 bridgehead atoms. The Balaban J connectivity index is 1.55. The van der Waals surface area contributed by atoms with Crippen LogP contribution in [0.5, 0.6) is 11.5 Å². The molecule has 1 aromatic heterocycles. The Labute approximate surface area is 205 Å². The lowest BCUT2D eigenvalue weighted by Crippen LogP contribution is -2.27. The average Bonchev–Trinajstić information content (AvgIpc) is 3.40. The van der Waals surface area contributed by atoms with E-state index >= 15 is 0 Å². The first-order chi connectivity index (χ1) is 16.0. The first-order valence-electron chi connectivity index (χ1n) is 9.97. The van der Waals surface area contributed by atoms with Crippen LogP contribution in [-0.2, 0) is 11.3 Å². The quantitative estimate of drug-likeness (QED) is 0.172.